The number of hydrogen-bond donors (Lipinski definition) is 2. The summed E-state index contributed by atoms with van der Waals surface area (Å²) >= 11 is 0. The zero-order valence-electron chi connectivity index (χ0n) is 11.2. The van der Waals surface area contributed by atoms with Crippen molar-refractivity contribution in [3.63, 3.8) is 0 Å². The topological polar surface area (TPSA) is 81.2 Å². The van der Waals surface area contributed by atoms with E-state index < -0.39 is 10.7 Å². The molecule has 1 atom stereocenters. The minimum atomic E-state index is -0.619. The Morgan fingerprint density at radius 2 is 2.10 bits per heavy atom. The van der Waals surface area contributed by atoms with E-state index in [1.165, 1.54) is 12.1 Å². The van der Waals surface area contributed by atoms with Crippen LogP contribution in [0.1, 0.15) is 23.6 Å². The fourth-order valence-corrected chi connectivity index (χ4v) is 2.75. The molecule has 2 aromatic rings. The largest absolute Gasteiger partial charge is 0.399 e. The highest BCUT2D eigenvalue weighted by Gasteiger charge is 2.25. The van der Waals surface area contributed by atoms with Gasteiger partial charge < -0.3 is 11.1 Å². The van der Waals surface area contributed by atoms with Crippen LogP contribution in [0.15, 0.2) is 36.4 Å². The SMILES string of the molecule is Nc1ccc2c(c1)CCC2Nc1ccc(F)cc1[N+](=O)[O-]. The summed E-state index contributed by atoms with van der Waals surface area (Å²) in [6, 6.07) is 9.21. The van der Waals surface area contributed by atoms with E-state index in [1.807, 2.05) is 18.2 Å². The molecule has 0 spiro atoms. The Balaban J connectivity index is 1.91. The van der Waals surface area contributed by atoms with Gasteiger partial charge in [-0.1, -0.05) is 6.07 Å². The van der Waals surface area contributed by atoms with Gasteiger partial charge in [0, 0.05) is 5.69 Å². The first-order valence-corrected chi connectivity index (χ1v) is 6.63. The van der Waals surface area contributed by atoms with Gasteiger partial charge in [-0.15, -0.1) is 0 Å². The molecule has 1 aliphatic carbocycles. The van der Waals surface area contributed by atoms with Crippen molar-refractivity contribution in [1.29, 1.82) is 0 Å². The number of rotatable bonds is 3. The highest BCUT2D eigenvalue weighted by molar-refractivity contribution is 5.63. The Kier molecular flexibility index (Phi) is 3.21. The Morgan fingerprint density at radius 1 is 1.29 bits per heavy atom. The lowest BCUT2D eigenvalue weighted by atomic mass is 10.1. The molecular formula is C15H14FN3O2. The van der Waals surface area contributed by atoms with Gasteiger partial charge in [0.2, 0.25) is 0 Å². The third kappa shape index (κ3) is 2.52. The summed E-state index contributed by atoms with van der Waals surface area (Å²) < 4.78 is 13.2. The van der Waals surface area contributed by atoms with Crippen molar-refractivity contribution in [1.82, 2.24) is 0 Å². The molecule has 0 fully saturated rings. The summed E-state index contributed by atoms with van der Waals surface area (Å²) in [4.78, 5) is 10.4. The predicted octanol–water partition coefficient (Wildman–Crippen LogP) is 3.42. The van der Waals surface area contributed by atoms with Crippen LogP contribution in [0, 0.1) is 15.9 Å². The lowest BCUT2D eigenvalue weighted by molar-refractivity contribution is -0.384. The van der Waals surface area contributed by atoms with Crippen LogP contribution in [0.3, 0.4) is 0 Å². The minimum absolute atomic E-state index is 0.0234. The molecule has 0 saturated carbocycles. The van der Waals surface area contributed by atoms with E-state index in [1.54, 1.807) is 0 Å². The summed E-state index contributed by atoms with van der Waals surface area (Å²) in [5.41, 5.74) is 8.78. The molecular weight excluding hydrogens is 273 g/mol. The lowest BCUT2D eigenvalue weighted by Crippen LogP contribution is -2.09. The smallest absolute Gasteiger partial charge is 0.295 e. The fraction of sp³-hybridized carbons (Fsp3) is 0.200. The molecule has 0 bridgehead atoms. The molecule has 0 aliphatic heterocycles. The van der Waals surface area contributed by atoms with E-state index in [0.29, 0.717) is 11.4 Å². The van der Waals surface area contributed by atoms with Crippen LogP contribution in [0.25, 0.3) is 0 Å². The van der Waals surface area contributed by atoms with Crippen molar-refractivity contribution in [2.45, 2.75) is 18.9 Å². The van der Waals surface area contributed by atoms with Gasteiger partial charge in [-0.3, -0.25) is 10.1 Å². The lowest BCUT2D eigenvalue weighted by Gasteiger charge is -2.15. The molecule has 2 aromatic carbocycles. The maximum atomic E-state index is 13.2. The Bertz CT molecular complexity index is 718. The maximum absolute atomic E-state index is 13.2. The van der Waals surface area contributed by atoms with Gasteiger partial charge in [-0.2, -0.15) is 0 Å². The van der Waals surface area contributed by atoms with Crippen LogP contribution in [0.5, 0.6) is 0 Å². The molecule has 6 heteroatoms. The van der Waals surface area contributed by atoms with Crippen LogP contribution in [0.2, 0.25) is 0 Å². The van der Waals surface area contributed by atoms with Gasteiger partial charge in [0.25, 0.3) is 5.69 Å². The Morgan fingerprint density at radius 3 is 2.86 bits per heavy atom. The van der Waals surface area contributed by atoms with Crippen molar-refractivity contribution in [2.75, 3.05) is 11.1 Å². The van der Waals surface area contributed by atoms with Gasteiger partial charge in [0.1, 0.15) is 11.5 Å². The maximum Gasteiger partial charge on any atom is 0.295 e. The van der Waals surface area contributed by atoms with E-state index >= 15 is 0 Å². The number of benzene rings is 2. The van der Waals surface area contributed by atoms with E-state index in [9.17, 15) is 14.5 Å². The average molecular weight is 287 g/mol. The average Bonchev–Trinajstić information content (AvgIpc) is 2.82. The second-order valence-electron chi connectivity index (χ2n) is 5.11. The highest BCUT2D eigenvalue weighted by Crippen LogP contribution is 2.37. The number of nitrogens with one attached hydrogen (secondary N) is 1. The first kappa shape index (κ1) is 13.4. The summed E-state index contributed by atoms with van der Waals surface area (Å²) in [6.45, 7) is 0. The number of aryl methyl sites for hydroxylation is 1. The number of fused-ring (bicyclic) bond motifs is 1. The number of anilines is 2. The van der Waals surface area contributed by atoms with E-state index in [0.717, 1.165) is 30.0 Å². The monoisotopic (exact) mass is 287 g/mol. The second kappa shape index (κ2) is 5.05. The van der Waals surface area contributed by atoms with Crippen LogP contribution in [-0.2, 0) is 6.42 Å². The van der Waals surface area contributed by atoms with Crippen molar-refractivity contribution in [3.8, 4) is 0 Å². The number of hydrogen-bond acceptors (Lipinski definition) is 4. The Labute approximate surface area is 120 Å². The number of nitrogen functional groups attached to an aromatic ring is 1. The molecule has 0 aromatic heterocycles. The molecule has 0 radical (unpaired) electrons. The predicted molar refractivity (Wildman–Crippen MR) is 78.6 cm³/mol. The van der Waals surface area contributed by atoms with Crippen molar-refractivity contribution >= 4 is 17.1 Å². The minimum Gasteiger partial charge on any atom is -0.399 e. The van der Waals surface area contributed by atoms with Gasteiger partial charge in [0.05, 0.1) is 17.0 Å². The van der Waals surface area contributed by atoms with Gasteiger partial charge >= 0.3 is 0 Å². The number of nitrogens with two attached hydrogens (primary N) is 1. The zero-order chi connectivity index (χ0) is 15.0. The van der Waals surface area contributed by atoms with Gasteiger partial charge in [0.15, 0.2) is 0 Å². The number of nitro groups is 1. The van der Waals surface area contributed by atoms with E-state index in [-0.39, 0.29) is 11.7 Å². The molecule has 21 heavy (non-hydrogen) atoms. The van der Waals surface area contributed by atoms with Gasteiger partial charge in [-0.25, -0.2) is 4.39 Å². The first-order valence-electron chi connectivity index (χ1n) is 6.63. The molecule has 1 aliphatic rings. The quantitative estimate of drug-likeness (QED) is 0.515. The van der Waals surface area contributed by atoms with Gasteiger partial charge in [-0.05, 0) is 48.2 Å². The third-order valence-electron chi connectivity index (χ3n) is 3.73. The highest BCUT2D eigenvalue weighted by atomic mass is 19.1. The molecule has 1 unspecified atom stereocenters. The van der Waals surface area contributed by atoms with Crippen molar-refractivity contribution in [2.24, 2.45) is 0 Å². The second-order valence-corrected chi connectivity index (χ2v) is 5.11. The molecule has 0 saturated heterocycles. The standard InChI is InChI=1S/C15H14FN3O2/c16-10-2-6-14(15(8-10)19(20)21)18-13-5-1-9-7-11(17)3-4-12(9)13/h2-4,6-8,13,18H,1,5,17H2. The van der Waals surface area contributed by atoms with E-state index in [2.05, 4.69) is 5.32 Å². The van der Waals surface area contributed by atoms with Crippen molar-refractivity contribution < 1.29 is 9.31 Å². The van der Waals surface area contributed by atoms with Crippen molar-refractivity contribution in [3.05, 3.63) is 63.5 Å². The Hall–Kier alpha value is -2.63. The molecule has 0 heterocycles. The third-order valence-corrected chi connectivity index (χ3v) is 3.73. The number of nitro benzene ring substituents is 1. The van der Waals surface area contributed by atoms with Crippen LogP contribution < -0.4 is 11.1 Å². The summed E-state index contributed by atoms with van der Waals surface area (Å²) in [7, 11) is 0. The molecule has 3 rings (SSSR count). The summed E-state index contributed by atoms with van der Waals surface area (Å²) in [5, 5.41) is 14.2. The number of halogens is 1. The molecule has 108 valence electrons. The van der Waals surface area contributed by atoms with E-state index in [4.69, 9.17) is 5.73 Å². The van der Waals surface area contributed by atoms with Crippen LogP contribution in [0.4, 0.5) is 21.5 Å². The zero-order valence-corrected chi connectivity index (χ0v) is 11.2. The molecule has 5 nitrogen and oxygen atoms in total. The first-order chi connectivity index (χ1) is 10.0. The fourth-order valence-electron chi connectivity index (χ4n) is 2.75. The molecule has 0 amide bonds. The molecule has 3 N–H and O–H groups in total. The summed E-state index contributed by atoms with van der Waals surface area (Å²) in [6.07, 6.45) is 1.69. The van der Waals surface area contributed by atoms with Crippen LogP contribution >= 0.6 is 0 Å². The van der Waals surface area contributed by atoms with Crippen LogP contribution in [-0.4, -0.2) is 4.92 Å². The number of nitrogens with zero attached hydrogens (tertiary/aromatic N) is 1. The normalized spacial score (nSPS) is 16.5. The summed E-state index contributed by atoms with van der Waals surface area (Å²) in [5.74, 6) is -0.619.